The average molecular weight is 433 g/mol. The third-order valence-corrected chi connectivity index (χ3v) is 7.68. The van der Waals surface area contributed by atoms with Crippen LogP contribution in [0.2, 0.25) is 0 Å². The predicted octanol–water partition coefficient (Wildman–Crippen LogP) is 1.68. The molecular weight excluding hydrogens is 400 g/mol. The molecule has 1 saturated heterocycles. The number of hydrogen-bond acceptors (Lipinski definition) is 7. The van der Waals surface area contributed by atoms with Gasteiger partial charge in [-0.25, -0.2) is 0 Å². The molecule has 5 aliphatic rings. The van der Waals surface area contributed by atoms with Gasteiger partial charge in [0.2, 0.25) is 6.29 Å². The summed E-state index contributed by atoms with van der Waals surface area (Å²) in [6.07, 6.45) is -0.0888. The minimum atomic E-state index is -1.47. The molecule has 4 aliphatic carbocycles. The van der Waals surface area contributed by atoms with Crippen molar-refractivity contribution in [2.45, 2.75) is 62.8 Å². The molecule has 1 aliphatic heterocycles. The quantitative estimate of drug-likeness (QED) is 0.524. The molecule has 0 aromatic heterocycles. The van der Waals surface area contributed by atoms with E-state index >= 15 is 0 Å². The third kappa shape index (κ3) is 3.76. The number of methoxy groups -OCH3 is 1. The Kier molecular flexibility index (Phi) is 5.73. The highest BCUT2D eigenvalue weighted by Gasteiger charge is 2.47. The number of hydrogen-bond donors (Lipinski definition) is 4. The lowest BCUT2D eigenvalue weighted by atomic mass is 9.54. The summed E-state index contributed by atoms with van der Waals surface area (Å²) in [5.41, 5.74) is 2.37. The minimum absolute atomic E-state index is 0.459. The van der Waals surface area contributed by atoms with Gasteiger partial charge in [0.25, 0.3) is 0 Å². The lowest BCUT2D eigenvalue weighted by molar-refractivity contribution is -0.277. The first-order valence-corrected chi connectivity index (χ1v) is 11.3. The van der Waals surface area contributed by atoms with Crippen LogP contribution in [-0.2, 0) is 9.47 Å². The molecule has 6 rings (SSSR count). The predicted molar refractivity (Wildman–Crippen MR) is 112 cm³/mol. The van der Waals surface area contributed by atoms with Crippen LogP contribution in [0.5, 0.6) is 5.75 Å². The maximum absolute atomic E-state index is 10.3. The lowest BCUT2D eigenvalue weighted by Gasteiger charge is -2.51. The zero-order valence-electron chi connectivity index (χ0n) is 17.8. The van der Waals surface area contributed by atoms with Gasteiger partial charge >= 0.3 is 0 Å². The topological polar surface area (TPSA) is 109 Å². The average Bonchev–Trinajstić information content (AvgIpc) is 2.76. The van der Waals surface area contributed by atoms with Crippen molar-refractivity contribution in [1.29, 1.82) is 0 Å². The molecule has 0 radical (unpaired) electrons. The molecule has 0 spiro atoms. The molecule has 4 N–H and O–H groups in total. The molecule has 5 atom stereocenters. The van der Waals surface area contributed by atoms with Crippen LogP contribution in [0.3, 0.4) is 0 Å². The van der Waals surface area contributed by atoms with Gasteiger partial charge in [-0.2, -0.15) is 0 Å². The van der Waals surface area contributed by atoms with Gasteiger partial charge in [-0.15, -0.1) is 0 Å². The van der Waals surface area contributed by atoms with Crippen molar-refractivity contribution in [2.24, 2.45) is 23.7 Å². The summed E-state index contributed by atoms with van der Waals surface area (Å²) >= 11 is 0. The molecule has 4 bridgehead atoms. The SMILES string of the molecule is COC(=C1C2CC3CC(C2)CC1C3)c1cccc(O[C@@H]2O[C@H](CO)[C@H](O)[C@H](O)[C@H]2O)c1. The largest absolute Gasteiger partial charge is 0.496 e. The summed E-state index contributed by atoms with van der Waals surface area (Å²) in [6.45, 7) is -0.491. The molecular formula is C24H32O7. The number of allylic oxidation sites excluding steroid dienone is 1. The second-order valence-corrected chi connectivity index (χ2v) is 9.64. The van der Waals surface area contributed by atoms with Crippen molar-refractivity contribution < 1.29 is 34.6 Å². The molecule has 7 heteroatoms. The van der Waals surface area contributed by atoms with Crippen LogP contribution in [0.25, 0.3) is 5.76 Å². The minimum Gasteiger partial charge on any atom is -0.496 e. The Labute approximate surface area is 182 Å². The second kappa shape index (κ2) is 8.37. The van der Waals surface area contributed by atoms with E-state index in [1.54, 1.807) is 13.2 Å². The zero-order valence-corrected chi connectivity index (χ0v) is 17.8. The van der Waals surface area contributed by atoms with Gasteiger partial charge in [-0.05, 0) is 73.5 Å². The lowest BCUT2D eigenvalue weighted by Crippen LogP contribution is -2.60. The Bertz CT molecular complexity index is 805. The Morgan fingerprint density at radius 2 is 1.65 bits per heavy atom. The highest BCUT2D eigenvalue weighted by molar-refractivity contribution is 5.66. The van der Waals surface area contributed by atoms with Crippen LogP contribution in [0.1, 0.15) is 37.7 Å². The molecule has 0 unspecified atom stereocenters. The molecule has 0 amide bonds. The van der Waals surface area contributed by atoms with E-state index < -0.39 is 37.3 Å². The summed E-state index contributed by atoms with van der Waals surface area (Å²) in [6, 6.07) is 7.47. The Morgan fingerprint density at radius 3 is 2.26 bits per heavy atom. The monoisotopic (exact) mass is 432 g/mol. The third-order valence-electron chi connectivity index (χ3n) is 7.68. The highest BCUT2D eigenvalue weighted by Crippen LogP contribution is 2.58. The summed E-state index contributed by atoms with van der Waals surface area (Å²) in [4.78, 5) is 0. The summed E-state index contributed by atoms with van der Waals surface area (Å²) in [5.74, 6) is 4.31. The van der Waals surface area contributed by atoms with Crippen LogP contribution in [0.15, 0.2) is 29.8 Å². The maximum Gasteiger partial charge on any atom is 0.229 e. The van der Waals surface area contributed by atoms with Gasteiger partial charge in [-0.1, -0.05) is 12.1 Å². The van der Waals surface area contributed by atoms with Crippen molar-refractivity contribution in [2.75, 3.05) is 13.7 Å². The van der Waals surface area contributed by atoms with Gasteiger partial charge in [0.1, 0.15) is 35.9 Å². The number of aliphatic hydroxyl groups is 4. The van der Waals surface area contributed by atoms with Gasteiger partial charge in [0, 0.05) is 5.56 Å². The van der Waals surface area contributed by atoms with E-state index in [0.29, 0.717) is 17.6 Å². The van der Waals surface area contributed by atoms with Gasteiger partial charge in [0.05, 0.1) is 13.7 Å². The normalized spacial score (nSPS) is 41.3. The number of rotatable bonds is 5. The van der Waals surface area contributed by atoms with E-state index in [0.717, 1.165) is 23.2 Å². The standard InChI is InChI=1S/C24H32O7/c1-29-23(19-15-6-12-5-13(8-15)9-16(19)7-12)14-3-2-4-17(10-14)30-24-22(28)21(27)20(26)18(11-25)31-24/h2-4,10,12-13,15-16,18,20-22,24-28H,5-9,11H2,1H3/t12?,13?,15?,16?,18-,20+,21+,22-,24-/m1/s1. The van der Waals surface area contributed by atoms with Crippen LogP contribution in [0, 0.1) is 23.7 Å². The maximum atomic E-state index is 10.3. The molecule has 1 aromatic carbocycles. The first-order chi connectivity index (χ1) is 15.0. The summed E-state index contributed by atoms with van der Waals surface area (Å²) in [7, 11) is 1.72. The smallest absolute Gasteiger partial charge is 0.229 e. The Hall–Kier alpha value is -1.64. The van der Waals surface area contributed by atoms with E-state index in [2.05, 4.69) is 0 Å². The van der Waals surface area contributed by atoms with Gasteiger partial charge in [0.15, 0.2) is 0 Å². The summed E-state index contributed by atoms with van der Waals surface area (Å²) < 4.78 is 17.2. The van der Waals surface area contributed by atoms with E-state index in [-0.39, 0.29) is 0 Å². The van der Waals surface area contributed by atoms with Crippen LogP contribution in [-0.4, -0.2) is 64.8 Å². The molecule has 4 saturated carbocycles. The highest BCUT2D eigenvalue weighted by atomic mass is 16.7. The van der Waals surface area contributed by atoms with Crippen LogP contribution >= 0.6 is 0 Å². The molecule has 7 nitrogen and oxygen atoms in total. The van der Waals surface area contributed by atoms with Gasteiger partial charge < -0.3 is 34.6 Å². The van der Waals surface area contributed by atoms with Crippen molar-refractivity contribution in [3.8, 4) is 5.75 Å². The fourth-order valence-electron chi connectivity index (χ4n) is 6.47. The van der Waals surface area contributed by atoms with Crippen LogP contribution in [0.4, 0.5) is 0 Å². The molecule has 5 fully saturated rings. The summed E-state index contributed by atoms with van der Waals surface area (Å²) in [5, 5.41) is 39.6. The first-order valence-electron chi connectivity index (χ1n) is 11.3. The van der Waals surface area contributed by atoms with E-state index in [1.807, 2.05) is 18.2 Å². The zero-order chi connectivity index (χ0) is 21.7. The van der Waals surface area contributed by atoms with E-state index in [4.69, 9.17) is 14.2 Å². The molecule has 31 heavy (non-hydrogen) atoms. The van der Waals surface area contributed by atoms with Crippen molar-refractivity contribution in [3.63, 3.8) is 0 Å². The first kappa shape index (κ1) is 21.2. The molecule has 1 aromatic rings. The fraction of sp³-hybridized carbons (Fsp3) is 0.667. The van der Waals surface area contributed by atoms with E-state index in [1.165, 1.54) is 37.7 Å². The van der Waals surface area contributed by atoms with Gasteiger partial charge in [-0.3, -0.25) is 0 Å². The van der Waals surface area contributed by atoms with Crippen LogP contribution < -0.4 is 4.74 Å². The molecule has 1 heterocycles. The van der Waals surface area contributed by atoms with Crippen molar-refractivity contribution in [1.82, 2.24) is 0 Å². The van der Waals surface area contributed by atoms with Crippen molar-refractivity contribution >= 4 is 5.76 Å². The Morgan fingerprint density at radius 1 is 0.968 bits per heavy atom. The number of aliphatic hydroxyl groups excluding tert-OH is 4. The van der Waals surface area contributed by atoms with E-state index in [9.17, 15) is 20.4 Å². The fourth-order valence-corrected chi connectivity index (χ4v) is 6.47. The molecule has 170 valence electrons. The second-order valence-electron chi connectivity index (χ2n) is 9.64. The number of ether oxygens (including phenoxy) is 3. The number of benzene rings is 1. The Balaban J connectivity index is 1.40. The van der Waals surface area contributed by atoms with Crippen molar-refractivity contribution in [3.05, 3.63) is 35.4 Å².